The van der Waals surface area contributed by atoms with Gasteiger partial charge in [0.25, 0.3) is 0 Å². The molecule has 0 saturated heterocycles. The number of pyridine rings is 1. The van der Waals surface area contributed by atoms with E-state index in [4.69, 9.17) is 4.74 Å². The number of nitrogens with zero attached hydrogens (tertiary/aromatic N) is 3. The molecule has 1 unspecified atom stereocenters. The maximum Gasteiger partial charge on any atom is 0.343 e. The number of esters is 1. The highest BCUT2D eigenvalue weighted by Crippen LogP contribution is 2.38. The van der Waals surface area contributed by atoms with E-state index in [-0.39, 0.29) is 13.2 Å². The number of benzene rings is 1. The summed E-state index contributed by atoms with van der Waals surface area (Å²) in [5, 5.41) is 21.1. The number of carbonyl (C=O) groups is 2. The Labute approximate surface area is 154 Å². The van der Waals surface area contributed by atoms with Crippen LogP contribution in [0.4, 0.5) is 14.5 Å². The van der Waals surface area contributed by atoms with Gasteiger partial charge >= 0.3 is 17.6 Å². The third-order valence-electron chi connectivity index (χ3n) is 4.46. The number of aromatic nitrogens is 1. The van der Waals surface area contributed by atoms with E-state index >= 15 is 0 Å². The number of likely N-dealkylation sites (N-methyl/N-ethyl adjacent to an activating group) is 1. The Morgan fingerprint density at radius 1 is 1.39 bits per heavy atom. The van der Waals surface area contributed by atoms with Crippen LogP contribution in [0, 0.1) is 21.7 Å². The fourth-order valence-electron chi connectivity index (χ4n) is 3.27. The van der Waals surface area contributed by atoms with Gasteiger partial charge in [-0.05, 0) is 6.92 Å². The van der Waals surface area contributed by atoms with Crippen molar-refractivity contribution in [1.29, 1.82) is 0 Å². The molecule has 1 aromatic heterocycles. The first kappa shape index (κ1) is 19.2. The monoisotopic (exact) mass is 397 g/mol. The van der Waals surface area contributed by atoms with E-state index in [9.17, 15) is 38.4 Å². The van der Waals surface area contributed by atoms with Crippen molar-refractivity contribution in [2.45, 2.75) is 12.8 Å². The molecule has 1 aliphatic heterocycles. The van der Waals surface area contributed by atoms with Crippen LogP contribution >= 0.6 is 0 Å². The van der Waals surface area contributed by atoms with Crippen LogP contribution in [0.1, 0.15) is 28.8 Å². The van der Waals surface area contributed by atoms with Crippen molar-refractivity contribution in [3.05, 3.63) is 49.3 Å². The minimum atomic E-state index is -1.96. The number of hydrogen-bond acceptors (Lipinski definition) is 7. The number of hydrogen-bond donors (Lipinski definition) is 1. The van der Waals surface area contributed by atoms with Crippen molar-refractivity contribution in [3.8, 4) is 0 Å². The average molecular weight is 397 g/mol. The zero-order chi connectivity index (χ0) is 20.9. The SMILES string of the molecule is CCOC(=O)c1cn2c3c(c(F)c(F)c([N+](=O)[O-])c3c1=O)C(C(=O)O)CN2C. The first-order valence-corrected chi connectivity index (χ1v) is 7.97. The van der Waals surface area contributed by atoms with Crippen molar-refractivity contribution in [2.75, 3.05) is 25.2 Å². The van der Waals surface area contributed by atoms with Crippen LogP contribution in [0.5, 0.6) is 0 Å². The van der Waals surface area contributed by atoms with Crippen molar-refractivity contribution >= 4 is 28.5 Å². The van der Waals surface area contributed by atoms with E-state index < -0.39 is 67.6 Å². The summed E-state index contributed by atoms with van der Waals surface area (Å²) in [5.74, 6) is -7.89. The molecule has 0 amide bonds. The van der Waals surface area contributed by atoms with Crippen LogP contribution in [0.15, 0.2) is 11.0 Å². The fourth-order valence-corrected chi connectivity index (χ4v) is 3.27. The molecule has 1 atom stereocenters. The number of nitro benzene ring substituents is 1. The van der Waals surface area contributed by atoms with Gasteiger partial charge in [-0.3, -0.25) is 24.4 Å². The Morgan fingerprint density at radius 2 is 2.04 bits per heavy atom. The molecule has 0 saturated carbocycles. The maximum absolute atomic E-state index is 14.6. The second kappa shape index (κ2) is 6.55. The summed E-state index contributed by atoms with van der Waals surface area (Å²) in [4.78, 5) is 46.5. The predicted molar refractivity (Wildman–Crippen MR) is 90.1 cm³/mol. The number of ether oxygens (including phenoxy) is 1. The summed E-state index contributed by atoms with van der Waals surface area (Å²) in [5.41, 5.74) is -4.53. The Bertz CT molecular complexity index is 1110. The van der Waals surface area contributed by atoms with Crippen molar-refractivity contribution in [2.24, 2.45) is 0 Å². The molecule has 0 aliphatic carbocycles. The maximum atomic E-state index is 14.6. The molecule has 12 heteroatoms. The van der Waals surface area contributed by atoms with E-state index in [0.29, 0.717) is 0 Å². The van der Waals surface area contributed by atoms with Crippen LogP contribution in [-0.4, -0.2) is 46.8 Å². The number of rotatable bonds is 4. The standard InChI is InChI=1S/C16H13F2N3O7/c1-3-28-16(25)7-5-20-12-8(6(15(23)24)4-19(20)2)10(17)11(18)13(21(26)27)9(12)14(7)22/h5-6H,3-4H2,1-2H3,(H,23,24). The minimum absolute atomic E-state index is 0.0988. The first-order chi connectivity index (χ1) is 13.1. The van der Waals surface area contributed by atoms with E-state index in [2.05, 4.69) is 0 Å². The van der Waals surface area contributed by atoms with Crippen LogP contribution < -0.4 is 10.4 Å². The molecule has 0 bridgehead atoms. The van der Waals surface area contributed by atoms with Crippen molar-refractivity contribution < 1.29 is 33.1 Å². The zero-order valence-corrected chi connectivity index (χ0v) is 14.6. The Balaban J connectivity index is 2.61. The van der Waals surface area contributed by atoms with Crippen LogP contribution in [-0.2, 0) is 9.53 Å². The van der Waals surface area contributed by atoms with Gasteiger partial charge in [-0.1, -0.05) is 0 Å². The van der Waals surface area contributed by atoms with E-state index in [1.807, 2.05) is 0 Å². The summed E-state index contributed by atoms with van der Waals surface area (Å²) >= 11 is 0. The van der Waals surface area contributed by atoms with E-state index in [1.54, 1.807) is 0 Å². The van der Waals surface area contributed by atoms with Crippen molar-refractivity contribution in [1.82, 2.24) is 4.68 Å². The van der Waals surface area contributed by atoms with Gasteiger partial charge in [0.1, 0.15) is 16.9 Å². The van der Waals surface area contributed by atoms with E-state index in [1.165, 1.54) is 19.0 Å². The third kappa shape index (κ3) is 2.56. The van der Waals surface area contributed by atoms with Gasteiger partial charge in [0, 0.05) is 18.8 Å². The van der Waals surface area contributed by atoms with Gasteiger partial charge in [0.05, 0.1) is 23.6 Å². The summed E-state index contributed by atoms with van der Waals surface area (Å²) in [6.45, 7) is 1.04. The zero-order valence-electron chi connectivity index (χ0n) is 14.6. The average Bonchev–Trinajstić information content (AvgIpc) is 2.61. The molecule has 2 aromatic rings. The molecule has 2 heterocycles. The van der Waals surface area contributed by atoms with Gasteiger partial charge in [-0.25, -0.2) is 9.18 Å². The molecule has 28 heavy (non-hydrogen) atoms. The molecule has 1 aliphatic rings. The lowest BCUT2D eigenvalue weighted by atomic mass is 9.92. The summed E-state index contributed by atoms with van der Waals surface area (Å²) in [6, 6.07) is 0. The van der Waals surface area contributed by atoms with Gasteiger partial charge in [-0.2, -0.15) is 4.39 Å². The smallest absolute Gasteiger partial charge is 0.343 e. The number of carboxylic acid groups (broad SMARTS) is 1. The highest BCUT2D eigenvalue weighted by Gasteiger charge is 2.40. The van der Waals surface area contributed by atoms with Gasteiger partial charge in [0.2, 0.25) is 11.2 Å². The van der Waals surface area contributed by atoms with Crippen molar-refractivity contribution in [3.63, 3.8) is 0 Å². The Morgan fingerprint density at radius 3 is 2.57 bits per heavy atom. The molecule has 0 spiro atoms. The molecule has 0 radical (unpaired) electrons. The largest absolute Gasteiger partial charge is 0.481 e. The lowest BCUT2D eigenvalue weighted by molar-refractivity contribution is -0.386. The highest BCUT2D eigenvalue weighted by atomic mass is 19.2. The normalized spacial score (nSPS) is 15.6. The summed E-state index contributed by atoms with van der Waals surface area (Å²) < 4.78 is 34.9. The van der Waals surface area contributed by atoms with Crippen LogP contribution in [0.3, 0.4) is 0 Å². The summed E-state index contributed by atoms with van der Waals surface area (Å²) in [7, 11) is 1.37. The molecule has 1 aromatic carbocycles. The number of carbonyl (C=O) groups excluding carboxylic acids is 1. The lowest BCUT2D eigenvalue weighted by Crippen LogP contribution is -2.43. The molecular weight excluding hydrogens is 384 g/mol. The molecule has 10 nitrogen and oxygen atoms in total. The number of halogens is 2. The first-order valence-electron chi connectivity index (χ1n) is 7.97. The Hall–Kier alpha value is -3.57. The second-order valence-electron chi connectivity index (χ2n) is 6.04. The van der Waals surface area contributed by atoms with Crippen LogP contribution in [0.25, 0.3) is 10.9 Å². The second-order valence-corrected chi connectivity index (χ2v) is 6.04. The Kier molecular flexibility index (Phi) is 4.49. The fraction of sp³-hybridized carbons (Fsp3) is 0.312. The molecule has 3 rings (SSSR count). The minimum Gasteiger partial charge on any atom is -0.481 e. The van der Waals surface area contributed by atoms with E-state index in [0.717, 1.165) is 10.9 Å². The topological polar surface area (TPSA) is 132 Å². The molecule has 1 N–H and O–H groups in total. The quantitative estimate of drug-likeness (QED) is 0.461. The predicted octanol–water partition coefficient (Wildman–Crippen LogP) is 1.11. The molecular formula is C16H13F2N3O7. The van der Waals surface area contributed by atoms with Gasteiger partial charge in [-0.15, -0.1) is 0 Å². The highest BCUT2D eigenvalue weighted by molar-refractivity contribution is 6.00. The number of aliphatic carboxylic acids is 1. The summed E-state index contributed by atoms with van der Waals surface area (Å²) in [6.07, 6.45) is 0.964. The third-order valence-corrected chi connectivity index (χ3v) is 4.46. The number of carboxylic acids is 1. The molecule has 148 valence electrons. The number of nitro groups is 1. The van der Waals surface area contributed by atoms with Gasteiger partial charge < -0.3 is 14.9 Å². The molecule has 0 fully saturated rings. The lowest BCUT2D eigenvalue weighted by Gasteiger charge is -2.34. The van der Waals surface area contributed by atoms with Gasteiger partial charge in [0.15, 0.2) is 5.82 Å². The van der Waals surface area contributed by atoms with Crippen LogP contribution in [0.2, 0.25) is 0 Å².